The van der Waals surface area contributed by atoms with E-state index in [1.807, 2.05) is 24.0 Å². The van der Waals surface area contributed by atoms with Gasteiger partial charge in [-0.25, -0.2) is 4.99 Å². The Bertz CT molecular complexity index is 463. The number of aryl methyl sites for hydroxylation is 1. The lowest BCUT2D eigenvalue weighted by molar-refractivity contribution is 0.145. The van der Waals surface area contributed by atoms with Gasteiger partial charge in [-0.1, -0.05) is 12.1 Å². The van der Waals surface area contributed by atoms with Gasteiger partial charge < -0.3 is 20.1 Å². The van der Waals surface area contributed by atoms with Crippen molar-refractivity contribution in [1.29, 1.82) is 0 Å². The van der Waals surface area contributed by atoms with Crippen LogP contribution in [0.2, 0.25) is 0 Å². The number of rotatable bonds is 8. The van der Waals surface area contributed by atoms with Gasteiger partial charge in [-0.3, -0.25) is 0 Å². The Kier molecular flexibility index (Phi) is 11.0. The molecule has 1 rings (SSSR count). The van der Waals surface area contributed by atoms with Crippen molar-refractivity contribution < 1.29 is 9.47 Å². The number of nitrogens with two attached hydrogens (primary N) is 1. The van der Waals surface area contributed by atoms with Gasteiger partial charge >= 0.3 is 0 Å². The van der Waals surface area contributed by atoms with E-state index in [1.165, 1.54) is 0 Å². The first-order valence-corrected chi connectivity index (χ1v) is 7.38. The maximum Gasteiger partial charge on any atom is 0.191 e. The van der Waals surface area contributed by atoms with Crippen LogP contribution in [-0.2, 0) is 11.3 Å². The number of benzene rings is 1. The number of hydrogen-bond acceptors (Lipinski definition) is 3. The average Bonchev–Trinajstić information content (AvgIpc) is 2.48. The summed E-state index contributed by atoms with van der Waals surface area (Å²) in [5.41, 5.74) is 8.20. The van der Waals surface area contributed by atoms with E-state index >= 15 is 0 Å². The second kappa shape index (κ2) is 11.5. The zero-order valence-electron chi connectivity index (χ0n) is 14.0. The molecule has 0 bridgehead atoms. The number of ether oxygens (including phenoxy) is 2. The third kappa shape index (κ3) is 6.83. The molecule has 0 atom stereocenters. The zero-order chi connectivity index (χ0) is 15.7. The van der Waals surface area contributed by atoms with Crippen molar-refractivity contribution in [2.75, 3.05) is 33.4 Å². The molecule has 1 aromatic rings. The summed E-state index contributed by atoms with van der Waals surface area (Å²) in [5, 5.41) is 0. The SMILES string of the molecule is CCN(CC)C(N)=NCc1ccc(C)cc1OCCOC.I. The Balaban J connectivity index is 0.00000441. The van der Waals surface area contributed by atoms with Crippen molar-refractivity contribution in [3.63, 3.8) is 0 Å². The molecule has 0 radical (unpaired) electrons. The lowest BCUT2D eigenvalue weighted by Gasteiger charge is -2.19. The predicted octanol–water partition coefficient (Wildman–Crippen LogP) is 2.79. The van der Waals surface area contributed by atoms with E-state index in [1.54, 1.807) is 7.11 Å². The van der Waals surface area contributed by atoms with Gasteiger partial charge in [0.1, 0.15) is 12.4 Å². The molecule has 0 fully saturated rings. The third-order valence-electron chi connectivity index (χ3n) is 3.27. The molecule has 0 spiro atoms. The molecule has 126 valence electrons. The van der Waals surface area contributed by atoms with Crippen LogP contribution in [0.25, 0.3) is 0 Å². The number of hydrogen-bond donors (Lipinski definition) is 1. The monoisotopic (exact) mass is 421 g/mol. The van der Waals surface area contributed by atoms with Crippen LogP contribution < -0.4 is 10.5 Å². The second-order valence-corrected chi connectivity index (χ2v) is 4.80. The van der Waals surface area contributed by atoms with Gasteiger partial charge in [0.15, 0.2) is 5.96 Å². The fourth-order valence-corrected chi connectivity index (χ4v) is 1.98. The van der Waals surface area contributed by atoms with E-state index in [4.69, 9.17) is 15.2 Å². The summed E-state index contributed by atoms with van der Waals surface area (Å²) in [7, 11) is 1.66. The maximum atomic E-state index is 6.00. The number of methoxy groups -OCH3 is 1. The first kappa shape index (κ1) is 21.0. The molecular formula is C16H28IN3O2. The molecule has 22 heavy (non-hydrogen) atoms. The van der Waals surface area contributed by atoms with Crippen molar-refractivity contribution in [3.05, 3.63) is 29.3 Å². The molecule has 0 aromatic heterocycles. The summed E-state index contributed by atoms with van der Waals surface area (Å²) < 4.78 is 10.8. The number of aliphatic imine (C=N–C) groups is 1. The number of guanidine groups is 1. The average molecular weight is 421 g/mol. The van der Waals surface area contributed by atoms with Crippen LogP contribution in [0.4, 0.5) is 0 Å². The second-order valence-electron chi connectivity index (χ2n) is 4.80. The van der Waals surface area contributed by atoms with Crippen LogP contribution in [0.3, 0.4) is 0 Å². The van der Waals surface area contributed by atoms with Crippen LogP contribution in [0.5, 0.6) is 5.75 Å². The molecule has 0 amide bonds. The fourth-order valence-electron chi connectivity index (χ4n) is 1.98. The van der Waals surface area contributed by atoms with E-state index in [-0.39, 0.29) is 24.0 Å². The Labute approximate surface area is 150 Å². The molecule has 2 N–H and O–H groups in total. The summed E-state index contributed by atoms with van der Waals surface area (Å²) >= 11 is 0. The number of halogens is 1. The minimum Gasteiger partial charge on any atom is -0.491 e. The quantitative estimate of drug-likeness (QED) is 0.304. The minimum absolute atomic E-state index is 0. The molecule has 0 saturated heterocycles. The summed E-state index contributed by atoms with van der Waals surface area (Å²) in [4.78, 5) is 6.49. The summed E-state index contributed by atoms with van der Waals surface area (Å²) in [6.07, 6.45) is 0. The van der Waals surface area contributed by atoms with Crippen LogP contribution in [0, 0.1) is 6.92 Å². The molecule has 0 heterocycles. The molecule has 0 aliphatic heterocycles. The first-order valence-electron chi connectivity index (χ1n) is 7.38. The smallest absolute Gasteiger partial charge is 0.191 e. The van der Waals surface area contributed by atoms with Crippen LogP contribution >= 0.6 is 24.0 Å². The Morgan fingerprint density at radius 2 is 1.91 bits per heavy atom. The van der Waals surface area contributed by atoms with Gasteiger partial charge in [0.25, 0.3) is 0 Å². The van der Waals surface area contributed by atoms with Gasteiger partial charge in [-0.05, 0) is 32.4 Å². The van der Waals surface area contributed by atoms with Gasteiger partial charge in [0.2, 0.25) is 0 Å². The molecule has 0 aliphatic rings. The lowest BCUT2D eigenvalue weighted by atomic mass is 10.1. The number of nitrogens with zero attached hydrogens (tertiary/aromatic N) is 2. The summed E-state index contributed by atoms with van der Waals surface area (Å²) in [6.45, 7) is 9.51. The maximum absolute atomic E-state index is 6.00. The van der Waals surface area contributed by atoms with Crippen LogP contribution in [0.15, 0.2) is 23.2 Å². The van der Waals surface area contributed by atoms with Crippen LogP contribution in [0.1, 0.15) is 25.0 Å². The molecule has 0 saturated carbocycles. The Morgan fingerprint density at radius 3 is 2.50 bits per heavy atom. The summed E-state index contributed by atoms with van der Waals surface area (Å²) in [6, 6.07) is 6.12. The largest absolute Gasteiger partial charge is 0.491 e. The highest BCUT2D eigenvalue weighted by Gasteiger charge is 2.06. The molecular weight excluding hydrogens is 393 g/mol. The minimum atomic E-state index is 0. The summed E-state index contributed by atoms with van der Waals surface area (Å²) in [5.74, 6) is 1.42. The molecule has 1 aromatic carbocycles. The molecule has 5 nitrogen and oxygen atoms in total. The highest BCUT2D eigenvalue weighted by molar-refractivity contribution is 14.0. The van der Waals surface area contributed by atoms with Gasteiger partial charge in [-0.15, -0.1) is 24.0 Å². The van der Waals surface area contributed by atoms with E-state index in [2.05, 4.69) is 24.9 Å². The van der Waals surface area contributed by atoms with Gasteiger partial charge in [-0.2, -0.15) is 0 Å². The highest BCUT2D eigenvalue weighted by Crippen LogP contribution is 2.21. The lowest BCUT2D eigenvalue weighted by Crippen LogP contribution is -2.37. The van der Waals surface area contributed by atoms with Crippen molar-refractivity contribution in [1.82, 2.24) is 4.90 Å². The van der Waals surface area contributed by atoms with Gasteiger partial charge in [0, 0.05) is 25.8 Å². The standard InChI is InChI=1S/C16H27N3O2.HI/c1-5-19(6-2)16(17)18-12-14-8-7-13(3)11-15(14)21-10-9-20-4;/h7-8,11H,5-6,9-10,12H2,1-4H3,(H2,17,18);1H. The van der Waals surface area contributed by atoms with E-state index in [0.717, 1.165) is 30.0 Å². The molecule has 0 unspecified atom stereocenters. The predicted molar refractivity (Wildman–Crippen MR) is 102 cm³/mol. The van der Waals surface area contributed by atoms with E-state index in [9.17, 15) is 0 Å². The van der Waals surface area contributed by atoms with E-state index in [0.29, 0.717) is 25.7 Å². The zero-order valence-corrected chi connectivity index (χ0v) is 16.3. The van der Waals surface area contributed by atoms with E-state index < -0.39 is 0 Å². The van der Waals surface area contributed by atoms with Crippen molar-refractivity contribution in [2.24, 2.45) is 10.7 Å². The normalized spacial score (nSPS) is 11.0. The fraction of sp³-hybridized carbons (Fsp3) is 0.562. The Morgan fingerprint density at radius 1 is 1.23 bits per heavy atom. The highest BCUT2D eigenvalue weighted by atomic mass is 127. The van der Waals surface area contributed by atoms with Crippen LogP contribution in [-0.4, -0.2) is 44.3 Å². The van der Waals surface area contributed by atoms with Crippen molar-refractivity contribution in [2.45, 2.75) is 27.3 Å². The van der Waals surface area contributed by atoms with Crippen molar-refractivity contribution >= 4 is 29.9 Å². The first-order chi connectivity index (χ1) is 10.1. The van der Waals surface area contributed by atoms with Gasteiger partial charge in [0.05, 0.1) is 13.2 Å². The molecule has 6 heteroatoms. The third-order valence-corrected chi connectivity index (χ3v) is 3.27. The molecule has 0 aliphatic carbocycles. The Hall–Kier alpha value is -1.02. The van der Waals surface area contributed by atoms with Crippen molar-refractivity contribution in [3.8, 4) is 5.75 Å². The topological polar surface area (TPSA) is 60.1 Å².